The zero-order chi connectivity index (χ0) is 24.3. The molecule has 5 atom stereocenters. The number of aliphatic carboxylic acids is 1. The molecule has 0 fully saturated rings. The van der Waals surface area contributed by atoms with Crippen LogP contribution in [0.1, 0.15) is 40.0 Å². The summed E-state index contributed by atoms with van der Waals surface area (Å²) >= 11 is 0. The maximum absolute atomic E-state index is 12.5. The Hall–Kier alpha value is -2.77. The maximum Gasteiger partial charge on any atom is 0.328 e. The molecule has 0 saturated carbocycles. The Bertz CT molecular complexity index is 655. The van der Waals surface area contributed by atoms with Crippen LogP contribution in [0.25, 0.3) is 0 Å². The monoisotopic (exact) mass is 447 g/mol. The predicted molar refractivity (Wildman–Crippen MR) is 108 cm³/mol. The number of primary amides is 1. The van der Waals surface area contributed by atoms with Gasteiger partial charge in [0.25, 0.3) is 0 Å². The summed E-state index contributed by atoms with van der Waals surface area (Å²) in [4.78, 5) is 59.3. The fraction of sp³-hybridized carbons (Fsp3) is 0.722. The van der Waals surface area contributed by atoms with E-state index in [1.165, 1.54) is 0 Å². The van der Waals surface area contributed by atoms with Gasteiger partial charge in [-0.2, -0.15) is 0 Å². The van der Waals surface area contributed by atoms with Crippen LogP contribution < -0.4 is 27.4 Å². The molecule has 4 amide bonds. The Balaban J connectivity index is 5.31. The van der Waals surface area contributed by atoms with Crippen molar-refractivity contribution in [3.05, 3.63) is 0 Å². The molecule has 0 aliphatic carbocycles. The zero-order valence-corrected chi connectivity index (χ0v) is 17.8. The Labute approximate surface area is 179 Å². The van der Waals surface area contributed by atoms with Gasteiger partial charge in [0.1, 0.15) is 12.1 Å². The van der Waals surface area contributed by atoms with Gasteiger partial charge in [-0.25, -0.2) is 4.79 Å². The number of hydrogen-bond donors (Lipinski definition) is 8. The molecule has 0 aromatic carbocycles. The zero-order valence-electron chi connectivity index (χ0n) is 17.8. The lowest BCUT2D eigenvalue weighted by Gasteiger charge is -2.25. The van der Waals surface area contributed by atoms with Crippen molar-refractivity contribution in [2.24, 2.45) is 17.4 Å². The number of carboxylic acids is 1. The lowest BCUT2D eigenvalue weighted by atomic mass is 10.0. The standard InChI is InChI=1S/C18H33N5O8/c1-8(2)6-10(19)15(27)22-12(7-24)17(29)21-11(4-5-13(20)26)16(28)23-14(9(3)25)18(30)31/h8-12,14,24-25H,4-7,19H2,1-3H3,(H2,20,26)(H,21,29)(H,22,27)(H,23,28)(H,30,31). The van der Waals surface area contributed by atoms with Crippen molar-refractivity contribution in [2.75, 3.05) is 6.61 Å². The lowest BCUT2D eigenvalue weighted by molar-refractivity contribution is -0.145. The second kappa shape index (κ2) is 13.5. The van der Waals surface area contributed by atoms with Gasteiger partial charge in [0.2, 0.25) is 23.6 Å². The van der Waals surface area contributed by atoms with Crippen molar-refractivity contribution in [1.29, 1.82) is 0 Å². The Morgan fingerprint density at radius 3 is 1.84 bits per heavy atom. The normalized spacial score (nSPS) is 15.8. The van der Waals surface area contributed by atoms with Gasteiger partial charge in [0.05, 0.1) is 18.8 Å². The van der Waals surface area contributed by atoms with Crippen LogP contribution in [-0.4, -0.2) is 81.8 Å². The molecule has 5 unspecified atom stereocenters. The Morgan fingerprint density at radius 1 is 0.903 bits per heavy atom. The third-order valence-electron chi connectivity index (χ3n) is 4.24. The highest BCUT2D eigenvalue weighted by atomic mass is 16.4. The molecule has 0 radical (unpaired) electrons. The number of nitrogens with one attached hydrogen (secondary N) is 3. The molecule has 31 heavy (non-hydrogen) atoms. The molecule has 10 N–H and O–H groups in total. The summed E-state index contributed by atoms with van der Waals surface area (Å²) in [5, 5.41) is 34.6. The first-order chi connectivity index (χ1) is 14.3. The van der Waals surface area contributed by atoms with E-state index in [-0.39, 0.29) is 18.8 Å². The van der Waals surface area contributed by atoms with Gasteiger partial charge >= 0.3 is 5.97 Å². The minimum Gasteiger partial charge on any atom is -0.480 e. The van der Waals surface area contributed by atoms with Crippen molar-refractivity contribution in [1.82, 2.24) is 16.0 Å². The lowest BCUT2D eigenvalue weighted by Crippen LogP contribution is -2.59. The van der Waals surface area contributed by atoms with Gasteiger partial charge < -0.3 is 42.7 Å². The van der Waals surface area contributed by atoms with Crippen molar-refractivity contribution in [3.8, 4) is 0 Å². The van der Waals surface area contributed by atoms with E-state index in [0.717, 1.165) is 6.92 Å². The molecule has 13 nitrogen and oxygen atoms in total. The van der Waals surface area contributed by atoms with E-state index in [1.54, 1.807) is 0 Å². The number of aliphatic hydroxyl groups is 2. The van der Waals surface area contributed by atoms with Gasteiger partial charge in [0.15, 0.2) is 6.04 Å². The molecule has 0 aliphatic rings. The molecule has 0 aliphatic heterocycles. The molecule has 0 spiro atoms. The number of nitrogens with two attached hydrogens (primary N) is 2. The number of amides is 4. The SMILES string of the molecule is CC(C)CC(N)C(=O)NC(CO)C(=O)NC(CCC(N)=O)C(=O)NC(C(=O)O)C(C)O. The van der Waals surface area contributed by atoms with Crippen LogP contribution in [0.4, 0.5) is 0 Å². The third-order valence-corrected chi connectivity index (χ3v) is 4.24. The Kier molecular flexibility index (Phi) is 12.3. The summed E-state index contributed by atoms with van der Waals surface area (Å²) in [6, 6.07) is -5.45. The van der Waals surface area contributed by atoms with E-state index >= 15 is 0 Å². The fourth-order valence-electron chi connectivity index (χ4n) is 2.56. The summed E-state index contributed by atoms with van der Waals surface area (Å²) in [5.74, 6) is -4.81. The van der Waals surface area contributed by atoms with Crippen molar-refractivity contribution >= 4 is 29.6 Å². The van der Waals surface area contributed by atoms with Crippen LogP contribution in [0.3, 0.4) is 0 Å². The summed E-state index contributed by atoms with van der Waals surface area (Å²) in [6.45, 7) is 4.04. The predicted octanol–water partition coefficient (Wildman–Crippen LogP) is -3.46. The average molecular weight is 447 g/mol. The highest BCUT2D eigenvalue weighted by molar-refractivity contribution is 5.94. The van der Waals surface area contributed by atoms with Crippen molar-refractivity contribution in [2.45, 2.75) is 70.3 Å². The van der Waals surface area contributed by atoms with Gasteiger partial charge in [0, 0.05) is 6.42 Å². The minimum absolute atomic E-state index is 0.111. The molecule has 0 saturated heterocycles. The molecule has 0 rings (SSSR count). The topological polar surface area (TPSA) is 234 Å². The molecule has 0 heterocycles. The van der Waals surface area contributed by atoms with E-state index in [4.69, 9.17) is 16.6 Å². The van der Waals surface area contributed by atoms with E-state index in [1.807, 2.05) is 13.8 Å². The van der Waals surface area contributed by atoms with Gasteiger partial charge in [-0.3, -0.25) is 19.2 Å². The fourth-order valence-corrected chi connectivity index (χ4v) is 2.56. The van der Waals surface area contributed by atoms with Crippen LogP contribution in [0.2, 0.25) is 0 Å². The number of carbonyl (C=O) groups is 5. The third kappa shape index (κ3) is 10.7. The van der Waals surface area contributed by atoms with E-state index < -0.39 is 66.5 Å². The molecule has 13 heteroatoms. The van der Waals surface area contributed by atoms with E-state index in [9.17, 15) is 34.2 Å². The summed E-state index contributed by atoms with van der Waals surface area (Å²) in [6.07, 6.45) is -1.70. The molecule has 0 bridgehead atoms. The van der Waals surface area contributed by atoms with Gasteiger partial charge in [-0.05, 0) is 25.7 Å². The second-order valence-electron chi connectivity index (χ2n) is 7.61. The van der Waals surface area contributed by atoms with Crippen LogP contribution >= 0.6 is 0 Å². The smallest absolute Gasteiger partial charge is 0.328 e. The average Bonchev–Trinajstić information content (AvgIpc) is 2.65. The maximum atomic E-state index is 12.5. The first-order valence-corrected chi connectivity index (χ1v) is 9.76. The number of hydrogen-bond acceptors (Lipinski definition) is 8. The molecule has 0 aromatic rings. The molecular weight excluding hydrogens is 414 g/mol. The highest BCUT2D eigenvalue weighted by Gasteiger charge is 2.31. The van der Waals surface area contributed by atoms with Crippen LogP contribution in [0, 0.1) is 5.92 Å². The van der Waals surface area contributed by atoms with Crippen molar-refractivity contribution in [3.63, 3.8) is 0 Å². The number of rotatable bonds is 14. The van der Waals surface area contributed by atoms with Crippen molar-refractivity contribution < 1.29 is 39.3 Å². The first kappa shape index (κ1) is 28.2. The summed E-state index contributed by atoms with van der Waals surface area (Å²) in [7, 11) is 0. The number of carbonyl (C=O) groups excluding carboxylic acids is 4. The summed E-state index contributed by atoms with van der Waals surface area (Å²) in [5.41, 5.74) is 10.8. The molecule has 178 valence electrons. The summed E-state index contributed by atoms with van der Waals surface area (Å²) < 4.78 is 0. The minimum atomic E-state index is -1.66. The van der Waals surface area contributed by atoms with Crippen LogP contribution in [0.15, 0.2) is 0 Å². The van der Waals surface area contributed by atoms with Crippen LogP contribution in [-0.2, 0) is 24.0 Å². The Morgan fingerprint density at radius 2 is 1.42 bits per heavy atom. The van der Waals surface area contributed by atoms with E-state index in [2.05, 4.69) is 16.0 Å². The molecular formula is C18H33N5O8. The largest absolute Gasteiger partial charge is 0.480 e. The second-order valence-corrected chi connectivity index (χ2v) is 7.61. The highest BCUT2D eigenvalue weighted by Crippen LogP contribution is 2.04. The number of carboxylic acid groups (broad SMARTS) is 1. The van der Waals surface area contributed by atoms with Crippen LogP contribution in [0.5, 0.6) is 0 Å². The number of aliphatic hydroxyl groups excluding tert-OH is 2. The van der Waals surface area contributed by atoms with Gasteiger partial charge in [-0.1, -0.05) is 13.8 Å². The van der Waals surface area contributed by atoms with Gasteiger partial charge in [-0.15, -0.1) is 0 Å². The molecule has 0 aromatic heterocycles. The van der Waals surface area contributed by atoms with E-state index in [0.29, 0.717) is 6.42 Å². The quantitative estimate of drug-likeness (QED) is 0.132. The first-order valence-electron chi connectivity index (χ1n) is 9.76.